The Labute approximate surface area is 216 Å². The highest BCUT2D eigenvalue weighted by atomic mass is 79.9. The Morgan fingerprint density at radius 2 is 1.69 bits per heavy atom. The minimum Gasteiger partial charge on any atom is -0.493 e. The molecule has 0 bridgehead atoms. The summed E-state index contributed by atoms with van der Waals surface area (Å²) >= 11 is 6.42. The van der Waals surface area contributed by atoms with Crippen molar-refractivity contribution in [3.8, 4) is 11.5 Å². The third-order valence-electron chi connectivity index (χ3n) is 4.59. The molecule has 3 aromatic rings. The summed E-state index contributed by atoms with van der Waals surface area (Å²) in [5, 5.41) is 6.08. The predicted octanol–water partition coefficient (Wildman–Crippen LogP) is 5.06. The lowest BCUT2D eigenvalue weighted by molar-refractivity contribution is -0.136. The first-order valence-corrected chi connectivity index (χ1v) is 11.5. The predicted molar refractivity (Wildman–Crippen MR) is 135 cm³/mol. The molecule has 0 atom stereocenters. The second-order valence-electron chi connectivity index (χ2n) is 6.95. The number of benzene rings is 3. The van der Waals surface area contributed by atoms with Gasteiger partial charge in [-0.05, 0) is 71.4 Å². The largest absolute Gasteiger partial charge is 0.493 e. The number of hydrogen-bond donors (Lipinski definition) is 2. The maximum Gasteiger partial charge on any atom is 0.344 e. The van der Waals surface area contributed by atoms with Gasteiger partial charge < -0.3 is 14.8 Å². The van der Waals surface area contributed by atoms with E-state index in [9.17, 15) is 18.8 Å². The van der Waals surface area contributed by atoms with Crippen molar-refractivity contribution in [3.63, 3.8) is 0 Å². The number of carbonyl (C=O) groups excluding carboxylic acids is 3. The van der Waals surface area contributed by atoms with Crippen molar-refractivity contribution >= 4 is 61.0 Å². The second-order valence-corrected chi connectivity index (χ2v) is 8.72. The summed E-state index contributed by atoms with van der Waals surface area (Å²) < 4.78 is 25.7. The molecular weight excluding hydrogens is 589 g/mol. The van der Waals surface area contributed by atoms with Crippen LogP contribution in [0.25, 0.3) is 0 Å². The molecule has 0 aromatic heterocycles. The standard InChI is InChI=1S/C24H18Br2FN3O5/c1-13(29-30-23(32)22(31)28-19-9-8-15(25)12-18(19)27)14-7-10-20(21(11-14)34-2)35-24(33)16-5-3-4-6-17(16)26/h3-12H,1-2H3,(H,28,31)(H,30,32). The number of ether oxygens (including phenoxy) is 2. The summed E-state index contributed by atoms with van der Waals surface area (Å²) in [4.78, 5) is 36.6. The van der Waals surface area contributed by atoms with Gasteiger partial charge in [0.15, 0.2) is 11.5 Å². The lowest BCUT2D eigenvalue weighted by atomic mass is 10.1. The number of nitrogens with one attached hydrogen (secondary N) is 2. The summed E-state index contributed by atoms with van der Waals surface area (Å²) in [7, 11) is 1.41. The Balaban J connectivity index is 1.68. The monoisotopic (exact) mass is 605 g/mol. The molecule has 0 fully saturated rings. The Hall–Kier alpha value is -3.57. The normalized spacial score (nSPS) is 10.9. The number of methoxy groups -OCH3 is 1. The number of halogens is 3. The lowest BCUT2D eigenvalue weighted by Crippen LogP contribution is -2.33. The molecule has 0 spiro atoms. The summed E-state index contributed by atoms with van der Waals surface area (Å²) in [5.41, 5.74) is 3.18. The minimum absolute atomic E-state index is 0.147. The molecule has 0 unspecified atom stereocenters. The van der Waals surface area contributed by atoms with Crippen LogP contribution in [0.1, 0.15) is 22.8 Å². The maximum absolute atomic E-state index is 13.9. The first-order chi connectivity index (χ1) is 16.7. The summed E-state index contributed by atoms with van der Waals surface area (Å²) in [6.45, 7) is 1.59. The molecule has 0 saturated heterocycles. The van der Waals surface area contributed by atoms with Gasteiger partial charge in [-0.25, -0.2) is 14.6 Å². The van der Waals surface area contributed by atoms with Crippen LogP contribution in [-0.4, -0.2) is 30.6 Å². The van der Waals surface area contributed by atoms with Crippen LogP contribution in [0.4, 0.5) is 10.1 Å². The van der Waals surface area contributed by atoms with Gasteiger partial charge in [0.25, 0.3) is 0 Å². The Morgan fingerprint density at radius 1 is 0.943 bits per heavy atom. The van der Waals surface area contributed by atoms with E-state index < -0.39 is 23.6 Å². The first kappa shape index (κ1) is 26.0. The van der Waals surface area contributed by atoms with E-state index in [1.807, 2.05) is 0 Å². The Morgan fingerprint density at radius 3 is 2.37 bits per heavy atom. The number of hydrogen-bond acceptors (Lipinski definition) is 6. The van der Waals surface area contributed by atoms with Crippen molar-refractivity contribution in [2.75, 3.05) is 12.4 Å². The van der Waals surface area contributed by atoms with Crippen molar-refractivity contribution in [2.45, 2.75) is 6.92 Å². The molecule has 180 valence electrons. The average Bonchev–Trinajstić information content (AvgIpc) is 2.84. The SMILES string of the molecule is COc1cc(C(C)=NNC(=O)C(=O)Nc2ccc(Br)cc2F)ccc1OC(=O)c1ccccc1Br. The van der Waals surface area contributed by atoms with Crippen LogP contribution in [0.3, 0.4) is 0 Å². The van der Waals surface area contributed by atoms with Gasteiger partial charge in [0, 0.05) is 14.5 Å². The Kier molecular flexibility index (Phi) is 8.72. The zero-order valence-corrected chi connectivity index (χ0v) is 21.6. The van der Waals surface area contributed by atoms with E-state index in [1.165, 1.54) is 25.3 Å². The van der Waals surface area contributed by atoms with E-state index >= 15 is 0 Å². The van der Waals surface area contributed by atoms with Crippen molar-refractivity contribution in [1.29, 1.82) is 0 Å². The maximum atomic E-state index is 13.9. The van der Waals surface area contributed by atoms with E-state index in [2.05, 4.69) is 47.7 Å². The highest BCUT2D eigenvalue weighted by Gasteiger charge is 2.17. The van der Waals surface area contributed by atoms with Crippen molar-refractivity contribution in [2.24, 2.45) is 5.10 Å². The number of amides is 2. The van der Waals surface area contributed by atoms with Crippen molar-refractivity contribution in [3.05, 3.63) is 86.6 Å². The van der Waals surface area contributed by atoms with E-state index in [4.69, 9.17) is 9.47 Å². The van der Waals surface area contributed by atoms with Gasteiger partial charge in [-0.3, -0.25) is 9.59 Å². The molecule has 0 aliphatic carbocycles. The third kappa shape index (κ3) is 6.74. The van der Waals surface area contributed by atoms with Crippen molar-refractivity contribution < 1.29 is 28.2 Å². The summed E-state index contributed by atoms with van der Waals surface area (Å²) in [6.07, 6.45) is 0. The molecule has 0 aliphatic rings. The molecule has 0 radical (unpaired) electrons. The van der Waals surface area contributed by atoms with Crippen LogP contribution in [-0.2, 0) is 9.59 Å². The van der Waals surface area contributed by atoms with Crippen LogP contribution < -0.4 is 20.2 Å². The number of nitrogens with zero attached hydrogens (tertiary/aromatic N) is 1. The van der Waals surface area contributed by atoms with Gasteiger partial charge in [-0.2, -0.15) is 5.10 Å². The zero-order valence-electron chi connectivity index (χ0n) is 18.4. The molecule has 35 heavy (non-hydrogen) atoms. The molecule has 3 rings (SSSR count). The van der Waals surface area contributed by atoms with Gasteiger partial charge in [-0.15, -0.1) is 0 Å². The van der Waals surface area contributed by atoms with Gasteiger partial charge in [0.05, 0.1) is 24.1 Å². The van der Waals surface area contributed by atoms with Gasteiger partial charge >= 0.3 is 17.8 Å². The average molecular weight is 607 g/mol. The number of carbonyl (C=O) groups is 3. The van der Waals surface area contributed by atoms with Gasteiger partial charge in [0.1, 0.15) is 5.82 Å². The minimum atomic E-state index is -1.09. The molecule has 3 aromatic carbocycles. The molecular formula is C24H18Br2FN3O5. The van der Waals surface area contributed by atoms with Crippen LogP contribution >= 0.6 is 31.9 Å². The van der Waals surface area contributed by atoms with E-state index in [-0.39, 0.29) is 17.2 Å². The number of hydrazone groups is 1. The molecule has 0 heterocycles. The summed E-state index contributed by atoms with van der Waals surface area (Å²) in [5.74, 6) is -3.01. The molecule has 8 nitrogen and oxygen atoms in total. The molecule has 0 aliphatic heterocycles. The number of anilines is 1. The third-order valence-corrected chi connectivity index (χ3v) is 5.77. The van der Waals surface area contributed by atoms with Gasteiger partial charge in [0.2, 0.25) is 0 Å². The van der Waals surface area contributed by atoms with E-state index in [1.54, 1.807) is 43.3 Å². The molecule has 0 saturated carbocycles. The molecule has 2 N–H and O–H groups in total. The van der Waals surface area contributed by atoms with Crippen LogP contribution in [0.2, 0.25) is 0 Å². The molecule has 2 amide bonds. The summed E-state index contributed by atoms with van der Waals surface area (Å²) in [6, 6.07) is 15.5. The number of esters is 1. The number of rotatable bonds is 6. The van der Waals surface area contributed by atoms with Crippen LogP contribution in [0, 0.1) is 5.82 Å². The van der Waals surface area contributed by atoms with Crippen LogP contribution in [0.15, 0.2) is 74.7 Å². The second kappa shape index (κ2) is 11.7. The quantitative estimate of drug-likeness (QED) is 0.134. The highest BCUT2D eigenvalue weighted by Crippen LogP contribution is 2.30. The highest BCUT2D eigenvalue weighted by molar-refractivity contribution is 9.10. The fraction of sp³-hybridized carbons (Fsp3) is 0.0833. The zero-order chi connectivity index (χ0) is 25.5. The fourth-order valence-electron chi connectivity index (χ4n) is 2.78. The van der Waals surface area contributed by atoms with Crippen LogP contribution in [0.5, 0.6) is 11.5 Å². The van der Waals surface area contributed by atoms with Crippen molar-refractivity contribution in [1.82, 2.24) is 5.43 Å². The first-order valence-electron chi connectivity index (χ1n) is 9.95. The smallest absolute Gasteiger partial charge is 0.344 e. The fourth-order valence-corrected chi connectivity index (χ4v) is 3.56. The Bertz CT molecular complexity index is 1330. The van der Waals surface area contributed by atoms with E-state index in [0.717, 1.165) is 6.07 Å². The van der Waals surface area contributed by atoms with E-state index in [0.29, 0.717) is 25.8 Å². The topological polar surface area (TPSA) is 106 Å². The van der Waals surface area contributed by atoms with Gasteiger partial charge in [-0.1, -0.05) is 28.1 Å². The molecule has 11 heteroatoms. The lowest BCUT2D eigenvalue weighted by Gasteiger charge is -2.12.